The predicted molar refractivity (Wildman–Crippen MR) is 79.1 cm³/mol. The summed E-state index contributed by atoms with van der Waals surface area (Å²) in [6.45, 7) is 17.9. The van der Waals surface area contributed by atoms with Gasteiger partial charge in [0, 0.05) is 16.5 Å². The van der Waals surface area contributed by atoms with Crippen molar-refractivity contribution in [3.05, 3.63) is 36.1 Å². The number of allylic oxidation sites excluding steroid dienone is 5. The van der Waals surface area contributed by atoms with Crippen LogP contribution < -0.4 is 5.32 Å². The van der Waals surface area contributed by atoms with Crippen LogP contribution in [-0.2, 0) is 4.79 Å². The Morgan fingerprint density at radius 1 is 1.17 bits per heavy atom. The van der Waals surface area contributed by atoms with Gasteiger partial charge >= 0.3 is 0 Å². The lowest BCUT2D eigenvalue weighted by molar-refractivity contribution is -0.127. The van der Waals surface area contributed by atoms with Gasteiger partial charge in [0.25, 0.3) is 0 Å². The smallest absolute Gasteiger partial charge is 0.229 e. The molecule has 0 saturated heterocycles. The molecule has 0 radical (unpaired) electrons. The zero-order valence-corrected chi connectivity index (χ0v) is 12.8. The van der Waals surface area contributed by atoms with Crippen molar-refractivity contribution >= 4 is 5.91 Å². The summed E-state index contributed by atoms with van der Waals surface area (Å²) in [5, 5.41) is 2.90. The van der Waals surface area contributed by atoms with Gasteiger partial charge in [0.2, 0.25) is 5.91 Å². The molecule has 102 valence electrons. The van der Waals surface area contributed by atoms with Crippen LogP contribution >= 0.6 is 0 Å². The highest BCUT2D eigenvalue weighted by Gasteiger charge is 2.21. The van der Waals surface area contributed by atoms with Gasteiger partial charge in [-0.15, -0.1) is 0 Å². The van der Waals surface area contributed by atoms with Crippen molar-refractivity contribution in [3.8, 4) is 0 Å². The fraction of sp³-hybridized carbons (Fsp3) is 0.562. The summed E-state index contributed by atoms with van der Waals surface area (Å²) in [6.07, 6.45) is 6.05. The van der Waals surface area contributed by atoms with Crippen molar-refractivity contribution in [2.24, 2.45) is 10.8 Å². The van der Waals surface area contributed by atoms with E-state index in [0.29, 0.717) is 0 Å². The maximum atomic E-state index is 11.8. The number of carbonyl (C=O) groups is 1. The Balaban J connectivity index is 4.81. The SMILES string of the molecule is C=C(/C=C(\C)NC(=O)C(C)(C)C)C(C)(C)/C=C/C. The standard InChI is InChI=1S/C16H27NO/c1-9-10-16(7,8)12(2)11-13(3)17-14(18)15(4,5)6/h9-11H,2H2,1,3-8H3,(H,17,18)/b10-9+,13-11+. The van der Waals surface area contributed by atoms with Crippen LogP contribution in [0.2, 0.25) is 0 Å². The number of hydrogen-bond donors (Lipinski definition) is 1. The van der Waals surface area contributed by atoms with E-state index in [1.54, 1.807) is 0 Å². The second-order valence-electron chi connectivity index (χ2n) is 6.28. The van der Waals surface area contributed by atoms with E-state index in [1.807, 2.05) is 46.8 Å². The van der Waals surface area contributed by atoms with E-state index < -0.39 is 0 Å². The predicted octanol–water partition coefficient (Wildman–Crippen LogP) is 4.21. The van der Waals surface area contributed by atoms with Crippen LogP contribution in [0.1, 0.15) is 48.5 Å². The van der Waals surface area contributed by atoms with E-state index in [2.05, 4.69) is 31.8 Å². The Labute approximate surface area is 112 Å². The van der Waals surface area contributed by atoms with Crippen LogP contribution in [0.25, 0.3) is 0 Å². The van der Waals surface area contributed by atoms with Crippen LogP contribution in [0, 0.1) is 10.8 Å². The van der Waals surface area contributed by atoms with Crippen molar-refractivity contribution in [3.63, 3.8) is 0 Å². The monoisotopic (exact) mass is 249 g/mol. The number of hydrogen-bond acceptors (Lipinski definition) is 1. The summed E-state index contributed by atoms with van der Waals surface area (Å²) in [7, 11) is 0. The largest absolute Gasteiger partial charge is 0.330 e. The first-order valence-electron chi connectivity index (χ1n) is 6.33. The molecule has 0 unspecified atom stereocenters. The van der Waals surface area contributed by atoms with Crippen LogP contribution in [-0.4, -0.2) is 5.91 Å². The van der Waals surface area contributed by atoms with E-state index in [4.69, 9.17) is 0 Å². The minimum absolute atomic E-state index is 0.0212. The molecular formula is C16H27NO. The van der Waals surface area contributed by atoms with Gasteiger partial charge in [0.1, 0.15) is 0 Å². The average Bonchev–Trinajstić information content (AvgIpc) is 2.15. The third kappa shape index (κ3) is 5.35. The molecule has 1 N–H and O–H groups in total. The summed E-state index contributed by atoms with van der Waals surface area (Å²) in [4.78, 5) is 11.8. The molecule has 0 spiro atoms. The molecule has 0 aromatic heterocycles. The molecule has 0 aliphatic carbocycles. The van der Waals surface area contributed by atoms with Crippen LogP contribution in [0.15, 0.2) is 36.1 Å². The lowest BCUT2D eigenvalue weighted by Crippen LogP contribution is -2.33. The maximum absolute atomic E-state index is 11.8. The van der Waals surface area contributed by atoms with E-state index in [1.165, 1.54) is 0 Å². The van der Waals surface area contributed by atoms with Crippen molar-refractivity contribution in [1.29, 1.82) is 0 Å². The van der Waals surface area contributed by atoms with Gasteiger partial charge in [0.05, 0.1) is 0 Å². The van der Waals surface area contributed by atoms with Crippen molar-refractivity contribution < 1.29 is 4.79 Å². The molecule has 0 bridgehead atoms. The summed E-state index contributed by atoms with van der Waals surface area (Å²) >= 11 is 0. The van der Waals surface area contributed by atoms with E-state index in [0.717, 1.165) is 11.3 Å². The van der Waals surface area contributed by atoms with Crippen molar-refractivity contribution in [2.75, 3.05) is 0 Å². The first-order valence-corrected chi connectivity index (χ1v) is 6.33. The number of amides is 1. The summed E-state index contributed by atoms with van der Waals surface area (Å²) in [5.74, 6) is 0.0212. The second-order valence-corrected chi connectivity index (χ2v) is 6.28. The van der Waals surface area contributed by atoms with Crippen LogP contribution in [0.3, 0.4) is 0 Å². The molecule has 0 aliphatic rings. The molecule has 0 aliphatic heterocycles. The maximum Gasteiger partial charge on any atom is 0.229 e. The van der Waals surface area contributed by atoms with Crippen molar-refractivity contribution in [2.45, 2.75) is 48.5 Å². The lowest BCUT2D eigenvalue weighted by atomic mass is 9.84. The first kappa shape index (κ1) is 16.7. The normalized spacial score (nSPS) is 13.8. The lowest BCUT2D eigenvalue weighted by Gasteiger charge is -2.23. The van der Waals surface area contributed by atoms with Gasteiger partial charge in [-0.1, -0.05) is 53.3 Å². The Kier molecular flexibility index (Phi) is 5.59. The third-order valence-electron chi connectivity index (χ3n) is 2.79. The average molecular weight is 249 g/mol. The van der Waals surface area contributed by atoms with Gasteiger partial charge in [0.15, 0.2) is 0 Å². The topological polar surface area (TPSA) is 29.1 Å². The minimum Gasteiger partial charge on any atom is -0.330 e. The van der Waals surface area contributed by atoms with Gasteiger partial charge in [-0.3, -0.25) is 4.79 Å². The van der Waals surface area contributed by atoms with E-state index in [-0.39, 0.29) is 16.7 Å². The van der Waals surface area contributed by atoms with Gasteiger partial charge in [-0.05, 0) is 25.5 Å². The fourth-order valence-corrected chi connectivity index (χ4v) is 1.37. The molecule has 0 aromatic carbocycles. The van der Waals surface area contributed by atoms with Gasteiger partial charge in [-0.2, -0.15) is 0 Å². The summed E-state index contributed by atoms with van der Waals surface area (Å²) < 4.78 is 0. The highest BCUT2D eigenvalue weighted by Crippen LogP contribution is 2.28. The molecule has 0 saturated carbocycles. The molecule has 0 aromatic rings. The first-order chi connectivity index (χ1) is 8.00. The second kappa shape index (κ2) is 6.03. The Hall–Kier alpha value is -1.31. The molecular weight excluding hydrogens is 222 g/mol. The third-order valence-corrected chi connectivity index (χ3v) is 2.79. The molecule has 1 amide bonds. The summed E-state index contributed by atoms with van der Waals surface area (Å²) in [6, 6.07) is 0. The minimum atomic E-state index is -0.380. The Morgan fingerprint density at radius 3 is 2.06 bits per heavy atom. The Morgan fingerprint density at radius 2 is 1.67 bits per heavy atom. The highest BCUT2D eigenvalue weighted by molar-refractivity contribution is 5.82. The number of nitrogens with one attached hydrogen (secondary N) is 1. The van der Waals surface area contributed by atoms with Crippen molar-refractivity contribution in [1.82, 2.24) is 5.32 Å². The van der Waals surface area contributed by atoms with Gasteiger partial charge in [-0.25, -0.2) is 0 Å². The molecule has 0 rings (SSSR count). The number of carbonyl (C=O) groups excluding carboxylic acids is 1. The summed E-state index contributed by atoms with van der Waals surface area (Å²) in [5.41, 5.74) is 1.34. The number of rotatable bonds is 4. The molecule has 18 heavy (non-hydrogen) atoms. The van der Waals surface area contributed by atoms with E-state index in [9.17, 15) is 4.79 Å². The zero-order chi connectivity index (χ0) is 14.6. The quantitative estimate of drug-likeness (QED) is 0.587. The van der Waals surface area contributed by atoms with Crippen LogP contribution in [0.4, 0.5) is 0 Å². The Bertz CT molecular complexity index is 378. The molecule has 2 nitrogen and oxygen atoms in total. The molecule has 0 fully saturated rings. The van der Waals surface area contributed by atoms with Gasteiger partial charge < -0.3 is 5.32 Å². The fourth-order valence-electron chi connectivity index (χ4n) is 1.37. The van der Waals surface area contributed by atoms with Crippen LogP contribution in [0.5, 0.6) is 0 Å². The van der Waals surface area contributed by atoms with E-state index >= 15 is 0 Å². The molecule has 0 heterocycles. The highest BCUT2D eigenvalue weighted by atomic mass is 16.2. The molecule has 2 heteroatoms. The zero-order valence-electron chi connectivity index (χ0n) is 12.8. The molecule has 0 atom stereocenters.